The van der Waals surface area contributed by atoms with Crippen molar-refractivity contribution in [2.75, 3.05) is 0 Å². The van der Waals surface area contributed by atoms with Gasteiger partial charge in [-0.1, -0.05) is 42.0 Å². The molecule has 24 heavy (non-hydrogen) atoms. The molecule has 3 aromatic rings. The Morgan fingerprint density at radius 2 is 1.79 bits per heavy atom. The van der Waals surface area contributed by atoms with Crippen LogP contribution in [0.2, 0.25) is 0 Å². The highest BCUT2D eigenvalue weighted by molar-refractivity contribution is 5.94. The second-order valence-corrected chi connectivity index (χ2v) is 7.16. The largest absolute Gasteiger partial charge is 0.460 e. The fourth-order valence-electron chi connectivity index (χ4n) is 2.92. The third-order valence-electron chi connectivity index (χ3n) is 3.87. The Bertz CT molecular complexity index is 870. The third kappa shape index (κ3) is 3.51. The van der Waals surface area contributed by atoms with Gasteiger partial charge in [-0.15, -0.1) is 0 Å². The summed E-state index contributed by atoms with van der Waals surface area (Å²) >= 11 is 0. The van der Waals surface area contributed by atoms with Crippen molar-refractivity contribution < 1.29 is 9.53 Å². The Kier molecular flexibility index (Phi) is 4.18. The molecule has 2 aromatic carbocycles. The van der Waals surface area contributed by atoms with E-state index < -0.39 is 5.60 Å². The third-order valence-corrected chi connectivity index (χ3v) is 3.87. The first-order valence-electron chi connectivity index (χ1n) is 8.22. The highest BCUT2D eigenvalue weighted by Crippen LogP contribution is 2.31. The SMILES string of the molecule is Cc1ccc2[nH]c(-c3ccccc3)c(CC(=O)OC(C)(C)C)c2c1. The minimum Gasteiger partial charge on any atom is -0.460 e. The molecule has 0 bridgehead atoms. The molecule has 0 saturated carbocycles. The number of fused-ring (bicyclic) bond motifs is 1. The van der Waals surface area contributed by atoms with Gasteiger partial charge in [0.15, 0.2) is 0 Å². The Morgan fingerprint density at radius 3 is 2.46 bits per heavy atom. The van der Waals surface area contributed by atoms with E-state index in [4.69, 9.17) is 4.74 Å². The number of hydrogen-bond donors (Lipinski definition) is 1. The number of aromatic amines is 1. The topological polar surface area (TPSA) is 42.1 Å². The molecule has 0 spiro atoms. The van der Waals surface area contributed by atoms with E-state index in [1.54, 1.807) is 0 Å². The summed E-state index contributed by atoms with van der Waals surface area (Å²) in [7, 11) is 0. The predicted octanol–water partition coefficient (Wildman–Crippen LogP) is 5.03. The molecule has 3 heteroatoms. The van der Waals surface area contributed by atoms with Crippen LogP contribution >= 0.6 is 0 Å². The van der Waals surface area contributed by atoms with Gasteiger partial charge in [0.1, 0.15) is 5.60 Å². The molecule has 1 aromatic heterocycles. The summed E-state index contributed by atoms with van der Waals surface area (Å²) in [6.07, 6.45) is 0.255. The number of nitrogens with one attached hydrogen (secondary N) is 1. The number of hydrogen-bond acceptors (Lipinski definition) is 2. The highest BCUT2D eigenvalue weighted by atomic mass is 16.6. The summed E-state index contributed by atoms with van der Waals surface area (Å²) in [6, 6.07) is 16.4. The Morgan fingerprint density at radius 1 is 1.08 bits per heavy atom. The highest BCUT2D eigenvalue weighted by Gasteiger charge is 2.21. The summed E-state index contributed by atoms with van der Waals surface area (Å²) in [5, 5.41) is 1.08. The molecule has 124 valence electrons. The number of esters is 1. The molecular weight excluding hydrogens is 298 g/mol. The van der Waals surface area contributed by atoms with Crippen molar-refractivity contribution >= 4 is 16.9 Å². The van der Waals surface area contributed by atoms with Crippen LogP contribution in [0.15, 0.2) is 48.5 Å². The normalized spacial score (nSPS) is 11.7. The van der Waals surface area contributed by atoms with Gasteiger partial charge in [-0.25, -0.2) is 0 Å². The van der Waals surface area contributed by atoms with Crippen molar-refractivity contribution in [1.29, 1.82) is 0 Å². The van der Waals surface area contributed by atoms with E-state index in [0.29, 0.717) is 0 Å². The van der Waals surface area contributed by atoms with E-state index in [-0.39, 0.29) is 12.4 Å². The molecular formula is C21H23NO2. The van der Waals surface area contributed by atoms with Gasteiger partial charge in [-0.2, -0.15) is 0 Å². The molecule has 0 amide bonds. The van der Waals surface area contributed by atoms with Crippen molar-refractivity contribution in [1.82, 2.24) is 4.98 Å². The lowest BCUT2D eigenvalue weighted by Crippen LogP contribution is -2.25. The number of H-pyrrole nitrogens is 1. The lowest BCUT2D eigenvalue weighted by molar-refractivity contribution is -0.153. The van der Waals surface area contributed by atoms with Crippen molar-refractivity contribution in [3.8, 4) is 11.3 Å². The quantitative estimate of drug-likeness (QED) is 0.688. The molecule has 0 unspecified atom stereocenters. The van der Waals surface area contributed by atoms with Crippen LogP contribution in [-0.4, -0.2) is 16.6 Å². The molecule has 3 nitrogen and oxygen atoms in total. The molecule has 3 rings (SSSR count). The van der Waals surface area contributed by atoms with Gasteiger partial charge in [0.2, 0.25) is 0 Å². The van der Waals surface area contributed by atoms with Crippen molar-refractivity contribution in [2.45, 2.75) is 39.7 Å². The first kappa shape index (κ1) is 16.3. The van der Waals surface area contributed by atoms with Crippen LogP contribution in [-0.2, 0) is 16.0 Å². The van der Waals surface area contributed by atoms with E-state index in [1.807, 2.05) is 39.0 Å². The average molecular weight is 321 g/mol. The maximum Gasteiger partial charge on any atom is 0.310 e. The Labute approximate surface area is 142 Å². The maximum absolute atomic E-state index is 12.4. The van der Waals surface area contributed by atoms with Gasteiger partial charge in [-0.05, 0) is 51.0 Å². The molecule has 0 aliphatic heterocycles. The van der Waals surface area contributed by atoms with Gasteiger partial charge < -0.3 is 9.72 Å². The van der Waals surface area contributed by atoms with E-state index in [0.717, 1.165) is 27.7 Å². The van der Waals surface area contributed by atoms with Gasteiger partial charge in [0.25, 0.3) is 0 Å². The van der Waals surface area contributed by atoms with E-state index in [2.05, 4.69) is 42.2 Å². The van der Waals surface area contributed by atoms with Crippen LogP contribution in [0.3, 0.4) is 0 Å². The predicted molar refractivity (Wildman–Crippen MR) is 98.0 cm³/mol. The van der Waals surface area contributed by atoms with Gasteiger partial charge in [-0.3, -0.25) is 4.79 Å². The van der Waals surface area contributed by atoms with Gasteiger partial charge >= 0.3 is 5.97 Å². The van der Waals surface area contributed by atoms with E-state index in [1.165, 1.54) is 5.56 Å². The second kappa shape index (κ2) is 6.16. The number of aryl methyl sites for hydroxylation is 1. The second-order valence-electron chi connectivity index (χ2n) is 7.16. The fraction of sp³-hybridized carbons (Fsp3) is 0.286. The Hall–Kier alpha value is -2.55. The number of carbonyl (C=O) groups excluding carboxylic acids is 1. The molecule has 0 aliphatic rings. The number of rotatable bonds is 3. The maximum atomic E-state index is 12.4. The molecule has 1 N–H and O–H groups in total. The zero-order valence-corrected chi connectivity index (χ0v) is 14.6. The van der Waals surface area contributed by atoms with Crippen molar-refractivity contribution in [2.24, 2.45) is 0 Å². The van der Waals surface area contributed by atoms with E-state index in [9.17, 15) is 4.79 Å². The first-order chi connectivity index (χ1) is 11.3. The van der Waals surface area contributed by atoms with Gasteiger partial charge in [0, 0.05) is 10.9 Å². The van der Waals surface area contributed by atoms with Crippen LogP contribution in [0, 0.1) is 6.92 Å². The minimum absolute atomic E-state index is 0.206. The molecule has 1 heterocycles. The number of ether oxygens (including phenoxy) is 1. The van der Waals surface area contributed by atoms with E-state index >= 15 is 0 Å². The molecule has 0 aliphatic carbocycles. The minimum atomic E-state index is -0.480. The smallest absolute Gasteiger partial charge is 0.310 e. The molecule has 0 radical (unpaired) electrons. The number of aromatic nitrogens is 1. The molecule has 0 fully saturated rings. The zero-order valence-electron chi connectivity index (χ0n) is 14.6. The van der Waals surface area contributed by atoms with Crippen LogP contribution < -0.4 is 0 Å². The van der Waals surface area contributed by atoms with Crippen LogP contribution in [0.1, 0.15) is 31.9 Å². The lowest BCUT2D eigenvalue weighted by Gasteiger charge is -2.19. The lowest BCUT2D eigenvalue weighted by atomic mass is 10.0. The summed E-state index contributed by atoms with van der Waals surface area (Å²) in [5.74, 6) is -0.206. The molecule has 0 atom stereocenters. The van der Waals surface area contributed by atoms with Crippen LogP contribution in [0.25, 0.3) is 22.2 Å². The number of carbonyl (C=O) groups is 1. The first-order valence-corrected chi connectivity index (χ1v) is 8.22. The summed E-state index contributed by atoms with van der Waals surface area (Å²) in [4.78, 5) is 15.9. The fourth-order valence-corrected chi connectivity index (χ4v) is 2.92. The monoisotopic (exact) mass is 321 g/mol. The standard InChI is InChI=1S/C21H23NO2/c1-14-10-11-18-16(12-14)17(13-19(23)24-21(2,3)4)20(22-18)15-8-6-5-7-9-15/h5-12,22H,13H2,1-4H3. The van der Waals surface area contributed by atoms with Crippen molar-refractivity contribution in [3.05, 3.63) is 59.7 Å². The average Bonchev–Trinajstić information content (AvgIpc) is 2.84. The summed E-state index contributed by atoms with van der Waals surface area (Å²) in [5.41, 5.74) is 4.79. The summed E-state index contributed by atoms with van der Waals surface area (Å²) in [6.45, 7) is 7.74. The number of benzene rings is 2. The Balaban J connectivity index is 2.09. The molecule has 0 saturated heterocycles. The van der Waals surface area contributed by atoms with Crippen molar-refractivity contribution in [3.63, 3.8) is 0 Å². The zero-order chi connectivity index (χ0) is 17.3. The van der Waals surface area contributed by atoms with Crippen LogP contribution in [0.4, 0.5) is 0 Å². The summed E-state index contributed by atoms with van der Waals surface area (Å²) < 4.78 is 5.53. The van der Waals surface area contributed by atoms with Gasteiger partial charge in [0.05, 0.1) is 12.1 Å². The van der Waals surface area contributed by atoms with Crippen LogP contribution in [0.5, 0.6) is 0 Å².